The summed E-state index contributed by atoms with van der Waals surface area (Å²) in [6.45, 7) is 2.94. The second kappa shape index (κ2) is 7.95. The van der Waals surface area contributed by atoms with Crippen molar-refractivity contribution in [3.63, 3.8) is 0 Å². The zero-order valence-corrected chi connectivity index (χ0v) is 14.8. The van der Waals surface area contributed by atoms with Crippen LogP contribution in [0.5, 0.6) is 0 Å². The maximum absolute atomic E-state index is 12.7. The molecular formula is C21H22N2O3. The number of hydrogen-bond acceptors (Lipinski definition) is 3. The monoisotopic (exact) mass is 350 g/mol. The highest BCUT2D eigenvalue weighted by molar-refractivity contribution is 6.22. The Balaban J connectivity index is 1.74. The zero-order valence-electron chi connectivity index (χ0n) is 14.8. The standard InChI is InChI=1S/C21H22N2O3/c1-2-3-7-12-22-19(24)16-10-11-17-18(13-16)21(26)23(20(17)25)14-15-8-5-4-6-9-15/h4-6,8-11,13H,2-3,7,12,14H2,1H3,(H,22,24). The van der Waals surface area contributed by atoms with E-state index in [1.165, 1.54) is 11.0 Å². The molecule has 0 saturated heterocycles. The van der Waals surface area contributed by atoms with Gasteiger partial charge in [-0.15, -0.1) is 0 Å². The van der Waals surface area contributed by atoms with Gasteiger partial charge < -0.3 is 5.32 Å². The molecule has 0 bridgehead atoms. The lowest BCUT2D eigenvalue weighted by Gasteiger charge is -2.13. The van der Waals surface area contributed by atoms with Gasteiger partial charge in [0.15, 0.2) is 0 Å². The summed E-state index contributed by atoms with van der Waals surface area (Å²) in [4.78, 5) is 38.7. The molecule has 2 aromatic carbocycles. The Hall–Kier alpha value is -2.95. The van der Waals surface area contributed by atoms with Crippen LogP contribution in [0.1, 0.15) is 62.8 Å². The van der Waals surface area contributed by atoms with Crippen molar-refractivity contribution in [3.8, 4) is 0 Å². The first-order valence-corrected chi connectivity index (χ1v) is 8.94. The number of benzene rings is 2. The number of nitrogens with one attached hydrogen (secondary N) is 1. The lowest BCUT2D eigenvalue weighted by Crippen LogP contribution is -2.29. The van der Waals surface area contributed by atoms with Crippen LogP contribution >= 0.6 is 0 Å². The molecule has 0 saturated carbocycles. The van der Waals surface area contributed by atoms with Gasteiger partial charge >= 0.3 is 0 Å². The van der Waals surface area contributed by atoms with Gasteiger partial charge in [-0.2, -0.15) is 0 Å². The number of imide groups is 1. The van der Waals surface area contributed by atoms with Crippen molar-refractivity contribution >= 4 is 17.7 Å². The molecule has 0 spiro atoms. The van der Waals surface area contributed by atoms with Crippen LogP contribution in [0.2, 0.25) is 0 Å². The third-order valence-corrected chi connectivity index (χ3v) is 4.48. The number of hydrogen-bond donors (Lipinski definition) is 1. The molecule has 5 nitrogen and oxygen atoms in total. The summed E-state index contributed by atoms with van der Waals surface area (Å²) in [6.07, 6.45) is 3.07. The van der Waals surface area contributed by atoms with Crippen molar-refractivity contribution < 1.29 is 14.4 Å². The number of fused-ring (bicyclic) bond motifs is 1. The average Bonchev–Trinajstić information content (AvgIpc) is 2.90. The maximum atomic E-state index is 12.7. The van der Waals surface area contributed by atoms with Gasteiger partial charge in [-0.25, -0.2) is 0 Å². The molecule has 1 heterocycles. The first-order valence-electron chi connectivity index (χ1n) is 8.94. The van der Waals surface area contributed by atoms with Gasteiger partial charge in [0, 0.05) is 12.1 Å². The normalized spacial score (nSPS) is 13.0. The Morgan fingerprint density at radius 2 is 1.69 bits per heavy atom. The van der Waals surface area contributed by atoms with E-state index in [0.29, 0.717) is 23.2 Å². The van der Waals surface area contributed by atoms with E-state index in [1.54, 1.807) is 12.1 Å². The predicted molar refractivity (Wildman–Crippen MR) is 98.9 cm³/mol. The lowest BCUT2D eigenvalue weighted by atomic mass is 10.1. The molecule has 5 heteroatoms. The van der Waals surface area contributed by atoms with Crippen LogP contribution < -0.4 is 5.32 Å². The van der Waals surface area contributed by atoms with Crippen molar-refractivity contribution in [1.82, 2.24) is 10.2 Å². The highest BCUT2D eigenvalue weighted by atomic mass is 16.2. The van der Waals surface area contributed by atoms with Crippen molar-refractivity contribution in [2.24, 2.45) is 0 Å². The molecule has 1 N–H and O–H groups in total. The Morgan fingerprint density at radius 3 is 2.42 bits per heavy atom. The number of unbranched alkanes of at least 4 members (excludes halogenated alkanes) is 2. The average molecular weight is 350 g/mol. The summed E-state index contributed by atoms with van der Waals surface area (Å²) in [7, 11) is 0. The van der Waals surface area contributed by atoms with E-state index in [1.807, 2.05) is 30.3 Å². The van der Waals surface area contributed by atoms with Crippen LogP contribution in [0.15, 0.2) is 48.5 Å². The van der Waals surface area contributed by atoms with E-state index >= 15 is 0 Å². The molecule has 3 rings (SSSR count). The molecule has 0 fully saturated rings. The molecule has 26 heavy (non-hydrogen) atoms. The molecule has 3 amide bonds. The molecule has 0 atom stereocenters. The number of amides is 3. The molecule has 134 valence electrons. The molecule has 0 aromatic heterocycles. The van der Waals surface area contributed by atoms with E-state index in [2.05, 4.69) is 12.2 Å². The van der Waals surface area contributed by atoms with Crippen LogP contribution in [0.3, 0.4) is 0 Å². The van der Waals surface area contributed by atoms with Crippen LogP contribution in [-0.4, -0.2) is 29.2 Å². The minimum atomic E-state index is -0.352. The molecule has 2 aromatic rings. The van der Waals surface area contributed by atoms with Crippen molar-refractivity contribution in [2.75, 3.05) is 6.54 Å². The summed E-state index contributed by atoms with van der Waals surface area (Å²) in [5, 5.41) is 2.85. The predicted octanol–water partition coefficient (Wildman–Crippen LogP) is 3.40. The summed E-state index contributed by atoms with van der Waals surface area (Å²) >= 11 is 0. The fourth-order valence-electron chi connectivity index (χ4n) is 3.02. The molecule has 0 unspecified atom stereocenters. The lowest BCUT2D eigenvalue weighted by molar-refractivity contribution is 0.0642. The number of nitrogens with zero attached hydrogens (tertiary/aromatic N) is 1. The fraction of sp³-hybridized carbons (Fsp3) is 0.286. The second-order valence-corrected chi connectivity index (χ2v) is 6.41. The molecule has 0 radical (unpaired) electrons. The molecule has 0 aliphatic carbocycles. The molecular weight excluding hydrogens is 328 g/mol. The van der Waals surface area contributed by atoms with Gasteiger partial charge in [0.05, 0.1) is 17.7 Å². The summed E-state index contributed by atoms with van der Waals surface area (Å²) in [5.41, 5.74) is 1.94. The van der Waals surface area contributed by atoms with Gasteiger partial charge in [-0.05, 0) is 30.2 Å². The molecule has 1 aliphatic heterocycles. The number of carbonyl (C=O) groups excluding carboxylic acids is 3. The quantitative estimate of drug-likeness (QED) is 0.615. The van der Waals surface area contributed by atoms with Crippen LogP contribution in [0, 0.1) is 0 Å². The van der Waals surface area contributed by atoms with Crippen LogP contribution in [0.4, 0.5) is 0 Å². The number of carbonyl (C=O) groups is 3. The fourth-order valence-corrected chi connectivity index (χ4v) is 3.02. The topological polar surface area (TPSA) is 66.5 Å². The SMILES string of the molecule is CCCCCNC(=O)c1ccc2c(c1)C(=O)N(Cc1ccccc1)C2=O. The molecule has 1 aliphatic rings. The van der Waals surface area contributed by atoms with E-state index in [9.17, 15) is 14.4 Å². The van der Waals surface area contributed by atoms with E-state index < -0.39 is 0 Å². The first-order chi connectivity index (χ1) is 12.6. The van der Waals surface area contributed by atoms with Gasteiger partial charge in [-0.1, -0.05) is 50.1 Å². The Labute approximate surface area is 153 Å². The van der Waals surface area contributed by atoms with Gasteiger partial charge in [-0.3, -0.25) is 19.3 Å². The largest absolute Gasteiger partial charge is 0.352 e. The Morgan fingerprint density at radius 1 is 0.962 bits per heavy atom. The summed E-state index contributed by atoms with van der Waals surface area (Å²) in [5.74, 6) is -0.885. The second-order valence-electron chi connectivity index (χ2n) is 6.41. The van der Waals surface area contributed by atoms with Crippen molar-refractivity contribution in [1.29, 1.82) is 0 Å². The highest BCUT2D eigenvalue weighted by Crippen LogP contribution is 2.25. The van der Waals surface area contributed by atoms with E-state index in [-0.39, 0.29) is 24.3 Å². The first kappa shape index (κ1) is 17.9. The number of rotatable bonds is 7. The van der Waals surface area contributed by atoms with Gasteiger partial charge in [0.25, 0.3) is 17.7 Å². The Bertz CT molecular complexity index is 830. The third-order valence-electron chi connectivity index (χ3n) is 4.48. The summed E-state index contributed by atoms with van der Waals surface area (Å²) < 4.78 is 0. The minimum absolute atomic E-state index is 0.217. The van der Waals surface area contributed by atoms with Crippen LogP contribution in [-0.2, 0) is 6.54 Å². The minimum Gasteiger partial charge on any atom is -0.352 e. The third kappa shape index (κ3) is 3.67. The van der Waals surface area contributed by atoms with Gasteiger partial charge in [0.1, 0.15) is 0 Å². The highest BCUT2D eigenvalue weighted by Gasteiger charge is 2.35. The van der Waals surface area contributed by atoms with E-state index in [4.69, 9.17) is 0 Å². The Kier molecular flexibility index (Phi) is 5.46. The van der Waals surface area contributed by atoms with E-state index in [0.717, 1.165) is 24.8 Å². The van der Waals surface area contributed by atoms with Gasteiger partial charge in [0.2, 0.25) is 0 Å². The smallest absolute Gasteiger partial charge is 0.261 e. The van der Waals surface area contributed by atoms with Crippen LogP contribution in [0.25, 0.3) is 0 Å². The van der Waals surface area contributed by atoms with Crippen molar-refractivity contribution in [2.45, 2.75) is 32.7 Å². The van der Waals surface area contributed by atoms with Crippen molar-refractivity contribution in [3.05, 3.63) is 70.8 Å². The zero-order chi connectivity index (χ0) is 18.5. The maximum Gasteiger partial charge on any atom is 0.261 e. The summed E-state index contributed by atoms with van der Waals surface area (Å²) in [6, 6.07) is 14.1.